The number of carbonyl (C=O) groups excluding carboxylic acids is 3. The van der Waals surface area contributed by atoms with Crippen molar-refractivity contribution >= 4 is 29.0 Å². The number of amides is 2. The molecule has 2 aliphatic heterocycles. The van der Waals surface area contributed by atoms with E-state index >= 15 is 0 Å². The molecule has 3 unspecified atom stereocenters. The Morgan fingerprint density at radius 2 is 1.96 bits per heavy atom. The molecule has 0 saturated carbocycles. The maximum absolute atomic E-state index is 12.8. The Bertz CT molecular complexity index is 725. The van der Waals surface area contributed by atoms with Crippen molar-refractivity contribution in [2.45, 2.75) is 36.1 Å². The number of fused-ring (bicyclic) bond motifs is 1. The van der Waals surface area contributed by atoms with Crippen LogP contribution in [0.4, 0.5) is 0 Å². The van der Waals surface area contributed by atoms with Gasteiger partial charge in [0.1, 0.15) is 5.75 Å². The lowest BCUT2D eigenvalue weighted by molar-refractivity contribution is -0.162. The molecule has 8 nitrogen and oxygen atoms in total. The van der Waals surface area contributed by atoms with Gasteiger partial charge in [0.2, 0.25) is 5.37 Å². The van der Waals surface area contributed by atoms with Gasteiger partial charge in [-0.2, -0.15) is 0 Å². The lowest BCUT2D eigenvalue weighted by Gasteiger charge is -2.41. The standard InChI is InChI=1S/C17H20N2O6S/c1-17(2)13(16(22)24-3)19-14(21)12(15(19)26(17)23)18-11(20)9-25-10-7-5-4-6-8-10/h4-8,12-13,15H,9H2,1-3H3,(H,18,20)/t12?,13?,15-,26?/m0/s1. The quantitative estimate of drug-likeness (QED) is 0.431. The molecular weight excluding hydrogens is 360 g/mol. The number of β-lactam (4-membered cyclic amide) rings is 1. The minimum atomic E-state index is -1.53. The average molecular weight is 380 g/mol. The van der Waals surface area contributed by atoms with Crippen molar-refractivity contribution in [3.63, 3.8) is 0 Å². The number of rotatable bonds is 5. The van der Waals surface area contributed by atoms with E-state index in [1.165, 1.54) is 12.0 Å². The summed E-state index contributed by atoms with van der Waals surface area (Å²) in [4.78, 5) is 37.8. The van der Waals surface area contributed by atoms with Gasteiger partial charge >= 0.3 is 5.97 Å². The van der Waals surface area contributed by atoms with E-state index in [0.717, 1.165) is 0 Å². The third kappa shape index (κ3) is 2.90. The van der Waals surface area contributed by atoms with Crippen molar-refractivity contribution in [3.05, 3.63) is 30.3 Å². The molecule has 2 amide bonds. The van der Waals surface area contributed by atoms with Gasteiger partial charge < -0.3 is 19.3 Å². The molecular formula is C17H20N2O6S. The Labute approximate surface area is 154 Å². The zero-order chi connectivity index (χ0) is 19.1. The molecule has 9 heteroatoms. The Hall–Kier alpha value is -2.26. The summed E-state index contributed by atoms with van der Waals surface area (Å²) in [6, 6.07) is 6.92. The van der Waals surface area contributed by atoms with Gasteiger partial charge in [0.05, 0.1) is 7.11 Å². The van der Waals surface area contributed by atoms with Crippen LogP contribution in [0.3, 0.4) is 0 Å². The van der Waals surface area contributed by atoms with Crippen molar-refractivity contribution in [2.24, 2.45) is 0 Å². The molecule has 0 radical (unpaired) electrons. The maximum Gasteiger partial charge on any atom is 0.334 e. The molecule has 26 heavy (non-hydrogen) atoms. The summed E-state index contributed by atoms with van der Waals surface area (Å²) in [5.74, 6) is -1.03. The Morgan fingerprint density at radius 1 is 1.31 bits per heavy atom. The van der Waals surface area contributed by atoms with Crippen molar-refractivity contribution in [2.75, 3.05) is 13.7 Å². The summed E-state index contributed by atoms with van der Waals surface area (Å²) in [6.45, 7) is 3.03. The number of esters is 1. The molecule has 1 aromatic rings. The molecule has 0 spiro atoms. The first-order valence-corrected chi connectivity index (χ1v) is 9.28. The number of hydrogen-bond acceptors (Lipinski definition) is 6. The van der Waals surface area contributed by atoms with Crippen LogP contribution in [-0.2, 0) is 30.3 Å². The van der Waals surface area contributed by atoms with Crippen LogP contribution < -0.4 is 10.1 Å². The minimum absolute atomic E-state index is 0.267. The van der Waals surface area contributed by atoms with E-state index in [1.54, 1.807) is 38.1 Å². The highest BCUT2D eigenvalue weighted by Gasteiger charge is 2.73. The molecule has 2 aliphatic rings. The van der Waals surface area contributed by atoms with Crippen molar-refractivity contribution in [1.29, 1.82) is 0 Å². The monoisotopic (exact) mass is 380 g/mol. The molecule has 2 heterocycles. The topological polar surface area (TPSA) is 108 Å². The predicted molar refractivity (Wildman–Crippen MR) is 92.5 cm³/mol. The van der Waals surface area contributed by atoms with E-state index in [0.29, 0.717) is 5.75 Å². The summed E-state index contributed by atoms with van der Waals surface area (Å²) in [7, 11) is 1.22. The van der Waals surface area contributed by atoms with Crippen LogP contribution in [0, 0.1) is 0 Å². The third-order valence-corrected chi connectivity index (χ3v) is 6.81. The molecule has 3 rings (SSSR count). The van der Waals surface area contributed by atoms with E-state index in [-0.39, 0.29) is 6.61 Å². The van der Waals surface area contributed by atoms with Gasteiger partial charge in [-0.1, -0.05) is 18.2 Å². The summed E-state index contributed by atoms with van der Waals surface area (Å²) in [6.07, 6.45) is 0. The van der Waals surface area contributed by atoms with Crippen LogP contribution in [0.2, 0.25) is 0 Å². The second-order valence-corrected chi connectivity index (χ2v) is 8.74. The number of methoxy groups -OCH3 is 1. The second-order valence-electron chi connectivity index (χ2n) is 6.61. The van der Waals surface area contributed by atoms with Crippen molar-refractivity contribution in [1.82, 2.24) is 10.2 Å². The maximum atomic E-state index is 12.8. The van der Waals surface area contributed by atoms with Crippen molar-refractivity contribution in [3.8, 4) is 5.75 Å². The molecule has 2 fully saturated rings. The van der Waals surface area contributed by atoms with Crippen LogP contribution in [0.25, 0.3) is 0 Å². The molecule has 140 valence electrons. The first kappa shape index (κ1) is 18.5. The number of benzene rings is 1. The molecule has 4 atom stereocenters. The zero-order valence-electron chi connectivity index (χ0n) is 14.6. The molecule has 0 aliphatic carbocycles. The highest BCUT2D eigenvalue weighted by molar-refractivity contribution is 7.94. The summed E-state index contributed by atoms with van der Waals surface area (Å²) < 4.78 is 21.9. The van der Waals surface area contributed by atoms with E-state index in [1.807, 2.05) is 6.07 Å². The summed E-state index contributed by atoms with van der Waals surface area (Å²) in [5.41, 5.74) is 0. The SMILES string of the molecule is COC(=O)C1N2C(=O)C(NC(=O)COc3ccccc3)[C@@H]2[S+]([O-])C1(C)C. The van der Waals surface area contributed by atoms with E-state index in [2.05, 4.69) is 5.32 Å². The fourth-order valence-electron chi connectivity index (χ4n) is 3.27. The lowest BCUT2D eigenvalue weighted by atomic mass is 9.96. The number of ether oxygens (including phenoxy) is 2. The fraction of sp³-hybridized carbons (Fsp3) is 0.471. The van der Waals surface area contributed by atoms with Crippen LogP contribution in [0.5, 0.6) is 5.75 Å². The van der Waals surface area contributed by atoms with Gasteiger partial charge in [-0.05, 0) is 37.2 Å². The van der Waals surface area contributed by atoms with E-state index in [4.69, 9.17) is 9.47 Å². The highest BCUT2D eigenvalue weighted by Crippen LogP contribution is 2.46. The number of carbonyl (C=O) groups is 3. The number of nitrogens with one attached hydrogen (secondary N) is 1. The van der Waals surface area contributed by atoms with Gasteiger partial charge in [0.25, 0.3) is 11.8 Å². The molecule has 0 aromatic heterocycles. The van der Waals surface area contributed by atoms with Crippen molar-refractivity contribution < 1.29 is 28.4 Å². The molecule has 0 bridgehead atoms. The first-order valence-electron chi connectivity index (χ1n) is 8.07. The predicted octanol–water partition coefficient (Wildman–Crippen LogP) is -0.199. The van der Waals surface area contributed by atoms with Gasteiger partial charge in [-0.25, -0.2) is 4.79 Å². The minimum Gasteiger partial charge on any atom is -0.614 e. The van der Waals surface area contributed by atoms with Crippen LogP contribution in [0.15, 0.2) is 30.3 Å². The Balaban J connectivity index is 1.65. The largest absolute Gasteiger partial charge is 0.614 e. The van der Waals surface area contributed by atoms with Gasteiger partial charge in [0, 0.05) is 0 Å². The van der Waals surface area contributed by atoms with Gasteiger partial charge in [0.15, 0.2) is 23.4 Å². The van der Waals surface area contributed by atoms with Gasteiger partial charge in [-0.15, -0.1) is 0 Å². The molecule has 2 saturated heterocycles. The molecule has 1 N–H and O–H groups in total. The highest BCUT2D eigenvalue weighted by atomic mass is 32.2. The van der Waals surface area contributed by atoms with E-state index < -0.39 is 51.2 Å². The Kier molecular flexibility index (Phi) is 4.85. The smallest absolute Gasteiger partial charge is 0.334 e. The third-order valence-electron chi connectivity index (χ3n) is 4.61. The average Bonchev–Trinajstić information content (AvgIpc) is 2.82. The summed E-state index contributed by atoms with van der Waals surface area (Å²) in [5, 5.41) is 1.81. The number of para-hydroxylation sites is 1. The van der Waals surface area contributed by atoms with Crippen LogP contribution >= 0.6 is 0 Å². The van der Waals surface area contributed by atoms with Crippen LogP contribution in [-0.4, -0.2) is 63.2 Å². The van der Waals surface area contributed by atoms with Crippen LogP contribution in [0.1, 0.15) is 13.8 Å². The zero-order valence-corrected chi connectivity index (χ0v) is 15.4. The Morgan fingerprint density at radius 3 is 2.58 bits per heavy atom. The van der Waals surface area contributed by atoms with E-state index in [9.17, 15) is 18.9 Å². The number of nitrogens with zero attached hydrogens (tertiary/aromatic N) is 1. The van der Waals surface area contributed by atoms with Gasteiger partial charge in [-0.3, -0.25) is 14.5 Å². The number of hydrogen-bond donors (Lipinski definition) is 1. The lowest BCUT2D eigenvalue weighted by Crippen LogP contribution is -2.72. The fourth-order valence-corrected chi connectivity index (χ4v) is 5.18. The molecule has 1 aromatic carbocycles. The normalized spacial score (nSPS) is 28.8. The first-order chi connectivity index (χ1) is 12.3. The second kappa shape index (κ2) is 6.81. The summed E-state index contributed by atoms with van der Waals surface area (Å²) >= 11 is -1.53.